The molecule has 0 heterocycles. The maximum atomic E-state index is 9.09. The number of unbranched alkanes of at least 4 members (excludes halogenated alkanes) is 2. The molecule has 0 amide bonds. The molecule has 2 nitrogen and oxygen atoms in total. The van der Waals surface area contributed by atoms with Gasteiger partial charge in [0.2, 0.25) is 0 Å². The summed E-state index contributed by atoms with van der Waals surface area (Å²) in [6.45, 7) is 0.246. The molecular weight excluding hydrogens is 330 g/mol. The van der Waals surface area contributed by atoms with E-state index in [0.29, 0.717) is 0 Å². The first-order valence-electron chi connectivity index (χ1n) is 9.83. The van der Waals surface area contributed by atoms with E-state index in [0.717, 1.165) is 25.7 Å². The highest BCUT2D eigenvalue weighted by Crippen LogP contribution is 2.42. The Morgan fingerprint density at radius 1 is 0.630 bits per heavy atom. The van der Waals surface area contributed by atoms with E-state index in [9.17, 15) is 0 Å². The minimum Gasteiger partial charge on any atom is -0.396 e. The Balaban J connectivity index is 2.14. The monoisotopic (exact) mass is 359 g/mol. The molecule has 0 bridgehead atoms. The number of rotatable bonds is 9. The van der Waals surface area contributed by atoms with Crippen LogP contribution in [-0.4, -0.2) is 17.8 Å². The summed E-state index contributed by atoms with van der Waals surface area (Å²) in [6.07, 6.45) is 3.75. The molecule has 3 rings (SSSR count). The van der Waals surface area contributed by atoms with Crippen LogP contribution in [0.4, 0.5) is 0 Å². The first-order valence-corrected chi connectivity index (χ1v) is 9.83. The average Bonchev–Trinajstić information content (AvgIpc) is 2.74. The number of nitrogens with two attached hydrogens (primary N) is 1. The van der Waals surface area contributed by atoms with Gasteiger partial charge in [-0.15, -0.1) is 0 Å². The Kier molecular flexibility index (Phi) is 6.80. The van der Waals surface area contributed by atoms with Crippen molar-refractivity contribution in [3.63, 3.8) is 0 Å². The van der Waals surface area contributed by atoms with Crippen LogP contribution >= 0.6 is 0 Å². The number of aliphatic hydroxyl groups excluding tert-OH is 1. The van der Waals surface area contributed by atoms with Crippen molar-refractivity contribution in [3.8, 4) is 0 Å². The van der Waals surface area contributed by atoms with Crippen molar-refractivity contribution in [3.05, 3.63) is 108 Å². The first kappa shape index (κ1) is 19.3. The summed E-state index contributed by atoms with van der Waals surface area (Å²) >= 11 is 0. The summed E-state index contributed by atoms with van der Waals surface area (Å²) in [7, 11) is 0. The second-order valence-corrected chi connectivity index (χ2v) is 7.09. The Hall–Kier alpha value is -2.42. The van der Waals surface area contributed by atoms with E-state index in [1.807, 2.05) is 0 Å². The standard InChI is InChI=1S/C25H29NO/c26-24(19-11-4-12-20-27)25(21-13-5-1-6-14-21,22-15-7-2-8-16-22)23-17-9-3-10-18-23/h1-3,5-10,13-18,24,27H,4,11-12,19-20,26H2. The second kappa shape index (κ2) is 9.50. The van der Waals surface area contributed by atoms with Crippen LogP contribution in [0, 0.1) is 0 Å². The fraction of sp³-hybridized carbons (Fsp3) is 0.280. The smallest absolute Gasteiger partial charge is 0.0602 e. The normalized spacial score (nSPS) is 12.7. The molecule has 0 saturated heterocycles. The number of hydrogen-bond donors (Lipinski definition) is 2. The zero-order valence-corrected chi connectivity index (χ0v) is 15.8. The fourth-order valence-corrected chi connectivity index (χ4v) is 4.11. The Bertz CT molecular complexity index is 690. The maximum Gasteiger partial charge on any atom is 0.0602 e. The van der Waals surface area contributed by atoms with Gasteiger partial charge in [-0.2, -0.15) is 0 Å². The predicted molar refractivity (Wildman–Crippen MR) is 113 cm³/mol. The van der Waals surface area contributed by atoms with Gasteiger partial charge in [0.1, 0.15) is 0 Å². The third-order valence-corrected chi connectivity index (χ3v) is 5.42. The summed E-state index contributed by atoms with van der Waals surface area (Å²) in [5.74, 6) is 0. The van der Waals surface area contributed by atoms with Gasteiger partial charge in [-0.05, 0) is 29.5 Å². The highest BCUT2D eigenvalue weighted by molar-refractivity contribution is 5.52. The molecule has 0 radical (unpaired) electrons. The van der Waals surface area contributed by atoms with Crippen LogP contribution in [0.15, 0.2) is 91.0 Å². The van der Waals surface area contributed by atoms with Gasteiger partial charge in [0.05, 0.1) is 5.41 Å². The van der Waals surface area contributed by atoms with Crippen molar-refractivity contribution in [1.29, 1.82) is 0 Å². The minimum atomic E-state index is -0.400. The fourth-order valence-electron chi connectivity index (χ4n) is 4.11. The third kappa shape index (κ3) is 4.13. The summed E-state index contributed by atoms with van der Waals surface area (Å²) in [6, 6.07) is 31.8. The molecule has 0 fully saturated rings. The summed E-state index contributed by atoms with van der Waals surface area (Å²) in [4.78, 5) is 0. The lowest BCUT2D eigenvalue weighted by Gasteiger charge is -2.41. The van der Waals surface area contributed by atoms with Crippen molar-refractivity contribution in [2.75, 3.05) is 6.61 Å². The summed E-state index contributed by atoms with van der Waals surface area (Å²) in [5, 5.41) is 9.09. The van der Waals surface area contributed by atoms with E-state index in [1.54, 1.807) is 0 Å². The zero-order valence-electron chi connectivity index (χ0n) is 15.8. The van der Waals surface area contributed by atoms with Crippen LogP contribution in [-0.2, 0) is 5.41 Å². The Labute approximate surface area is 162 Å². The quantitative estimate of drug-likeness (QED) is 0.421. The molecular formula is C25H29NO. The van der Waals surface area contributed by atoms with Crippen LogP contribution in [0.25, 0.3) is 0 Å². The molecule has 0 aromatic heterocycles. The first-order chi connectivity index (χ1) is 13.3. The SMILES string of the molecule is NC(CCCCCO)C(c1ccccc1)(c1ccccc1)c1ccccc1. The van der Waals surface area contributed by atoms with Crippen LogP contribution < -0.4 is 5.73 Å². The van der Waals surface area contributed by atoms with Crippen LogP contribution in [0.1, 0.15) is 42.4 Å². The summed E-state index contributed by atoms with van der Waals surface area (Å²) < 4.78 is 0. The van der Waals surface area contributed by atoms with Gasteiger partial charge in [-0.25, -0.2) is 0 Å². The Morgan fingerprint density at radius 2 is 1.04 bits per heavy atom. The predicted octanol–water partition coefficient (Wildman–Crippen LogP) is 4.90. The molecule has 27 heavy (non-hydrogen) atoms. The van der Waals surface area contributed by atoms with E-state index >= 15 is 0 Å². The average molecular weight is 360 g/mol. The largest absolute Gasteiger partial charge is 0.396 e. The van der Waals surface area contributed by atoms with Crippen molar-refractivity contribution >= 4 is 0 Å². The molecule has 140 valence electrons. The van der Waals surface area contributed by atoms with Crippen LogP contribution in [0.2, 0.25) is 0 Å². The van der Waals surface area contributed by atoms with Crippen LogP contribution in [0.5, 0.6) is 0 Å². The van der Waals surface area contributed by atoms with Crippen LogP contribution in [0.3, 0.4) is 0 Å². The molecule has 0 aliphatic rings. The highest BCUT2D eigenvalue weighted by Gasteiger charge is 2.41. The van der Waals surface area contributed by atoms with E-state index in [4.69, 9.17) is 10.8 Å². The van der Waals surface area contributed by atoms with E-state index < -0.39 is 5.41 Å². The van der Waals surface area contributed by atoms with Crippen molar-refractivity contribution in [2.45, 2.75) is 37.1 Å². The lowest BCUT2D eigenvalue weighted by Crippen LogP contribution is -2.47. The molecule has 2 heteroatoms. The highest BCUT2D eigenvalue weighted by atomic mass is 16.2. The molecule has 3 N–H and O–H groups in total. The second-order valence-electron chi connectivity index (χ2n) is 7.09. The molecule has 1 unspecified atom stereocenters. The molecule has 3 aromatic carbocycles. The zero-order chi connectivity index (χ0) is 19.0. The number of aliphatic hydroxyl groups is 1. The van der Waals surface area contributed by atoms with E-state index in [-0.39, 0.29) is 12.6 Å². The third-order valence-electron chi connectivity index (χ3n) is 5.42. The molecule has 3 aromatic rings. The van der Waals surface area contributed by atoms with Gasteiger partial charge in [-0.3, -0.25) is 0 Å². The van der Waals surface area contributed by atoms with E-state index in [2.05, 4.69) is 91.0 Å². The lowest BCUT2D eigenvalue weighted by atomic mass is 9.64. The van der Waals surface area contributed by atoms with E-state index in [1.165, 1.54) is 16.7 Å². The molecule has 0 aliphatic heterocycles. The maximum absolute atomic E-state index is 9.09. The molecule has 0 spiro atoms. The molecule has 0 aliphatic carbocycles. The summed E-state index contributed by atoms with van der Waals surface area (Å²) in [5.41, 5.74) is 10.2. The Morgan fingerprint density at radius 3 is 1.41 bits per heavy atom. The van der Waals surface area contributed by atoms with Gasteiger partial charge in [0.25, 0.3) is 0 Å². The van der Waals surface area contributed by atoms with Gasteiger partial charge >= 0.3 is 0 Å². The van der Waals surface area contributed by atoms with Crippen molar-refractivity contribution in [2.24, 2.45) is 5.73 Å². The van der Waals surface area contributed by atoms with Gasteiger partial charge in [0.15, 0.2) is 0 Å². The molecule has 1 atom stereocenters. The number of hydrogen-bond acceptors (Lipinski definition) is 2. The van der Waals surface area contributed by atoms with Gasteiger partial charge in [0, 0.05) is 12.6 Å². The van der Waals surface area contributed by atoms with Gasteiger partial charge < -0.3 is 10.8 Å². The molecule has 0 saturated carbocycles. The van der Waals surface area contributed by atoms with Crippen molar-refractivity contribution in [1.82, 2.24) is 0 Å². The van der Waals surface area contributed by atoms with Crippen molar-refractivity contribution < 1.29 is 5.11 Å². The minimum absolute atomic E-state index is 0.0663. The lowest BCUT2D eigenvalue weighted by molar-refractivity contribution is 0.280. The van der Waals surface area contributed by atoms with Gasteiger partial charge in [-0.1, -0.05) is 104 Å². The number of benzene rings is 3. The topological polar surface area (TPSA) is 46.2 Å².